The topological polar surface area (TPSA) is 63.1 Å². The highest BCUT2D eigenvalue weighted by Gasteiger charge is 1.99. The summed E-state index contributed by atoms with van der Waals surface area (Å²) in [6.45, 7) is 0.652. The Balaban J connectivity index is 3.45. The lowest BCUT2D eigenvalue weighted by Gasteiger charge is -2.15. The van der Waals surface area contributed by atoms with Gasteiger partial charge in [-0.3, -0.25) is 5.84 Å². The van der Waals surface area contributed by atoms with Gasteiger partial charge < -0.3 is 10.0 Å². The lowest BCUT2D eigenvalue weighted by molar-refractivity contribution is -0.420. The molecule has 0 aromatic carbocycles. The average Bonchev–Trinajstić information content (AvgIpc) is 1.87. The second kappa shape index (κ2) is 4.49. The van der Waals surface area contributed by atoms with Crippen LogP contribution in [0.4, 0.5) is 0 Å². The quantitative estimate of drug-likeness (QED) is 0.313. The number of nitrogens with zero attached hydrogens (tertiary/aromatic N) is 1. The molecule has 0 aromatic heterocycles. The van der Waals surface area contributed by atoms with Crippen LogP contribution in [0.1, 0.15) is 0 Å². The summed E-state index contributed by atoms with van der Waals surface area (Å²) in [5, 5.41) is 8.98. The number of hydrogen-bond donors (Lipinski definition) is 3. The van der Waals surface area contributed by atoms with Gasteiger partial charge in [0.15, 0.2) is 0 Å². The van der Waals surface area contributed by atoms with Crippen LogP contribution in [0.5, 0.6) is 0 Å². The van der Waals surface area contributed by atoms with Crippen LogP contribution in [0.15, 0.2) is 0 Å². The standard InChI is InChI=1S/C4H11N3OS/c1-7(2-3-8)4(9)6-5/h8H,2-3,5H2,1H3,(H,6,9)/p+1. The minimum absolute atomic E-state index is 0.109. The molecule has 0 saturated carbocycles. The number of thiocarbonyl (C=S) groups is 1. The molecule has 0 aromatic rings. The van der Waals surface area contributed by atoms with Crippen molar-refractivity contribution in [3.63, 3.8) is 0 Å². The van der Waals surface area contributed by atoms with Gasteiger partial charge in [-0.15, -0.1) is 0 Å². The number of quaternary nitrogens is 1. The largest absolute Gasteiger partial charge is 0.395 e. The monoisotopic (exact) mass is 150 g/mol. The first-order valence-corrected chi connectivity index (χ1v) is 3.02. The molecule has 0 heterocycles. The smallest absolute Gasteiger partial charge is 0.215 e. The lowest BCUT2D eigenvalue weighted by Crippen LogP contribution is -2.69. The minimum atomic E-state index is 0.109. The molecule has 0 aliphatic heterocycles. The number of nitrogens with one attached hydrogen (secondary N) is 1. The summed E-state index contributed by atoms with van der Waals surface area (Å²) < 4.78 is 0. The molecule has 0 rings (SSSR count). The van der Waals surface area contributed by atoms with Crippen molar-refractivity contribution in [1.82, 2.24) is 10.3 Å². The van der Waals surface area contributed by atoms with Crippen molar-refractivity contribution < 1.29 is 10.9 Å². The van der Waals surface area contributed by atoms with Crippen LogP contribution >= 0.6 is 12.2 Å². The third-order valence-corrected chi connectivity index (χ3v) is 1.39. The van der Waals surface area contributed by atoms with E-state index in [1.165, 1.54) is 0 Å². The molecule has 0 atom stereocenters. The Kier molecular flexibility index (Phi) is 4.29. The van der Waals surface area contributed by atoms with E-state index in [9.17, 15) is 0 Å². The number of likely N-dealkylation sites (N-methyl/N-ethyl adjacent to an activating group) is 1. The normalized spacial score (nSPS) is 8.78. The molecule has 4 nitrogen and oxygen atoms in total. The molecule has 54 valence electrons. The fourth-order valence-corrected chi connectivity index (χ4v) is 0.478. The van der Waals surface area contributed by atoms with Crippen molar-refractivity contribution in [2.75, 3.05) is 20.2 Å². The second-order valence-electron chi connectivity index (χ2n) is 1.63. The van der Waals surface area contributed by atoms with Crippen LogP contribution in [0.25, 0.3) is 0 Å². The highest BCUT2D eigenvalue weighted by atomic mass is 32.1. The van der Waals surface area contributed by atoms with Crippen LogP contribution in [-0.2, 0) is 0 Å². The van der Waals surface area contributed by atoms with Gasteiger partial charge in [0.1, 0.15) is 0 Å². The SMILES string of the molecule is CN(CCO)C(=S)N[NH3+]. The Morgan fingerprint density at radius 3 is 2.78 bits per heavy atom. The summed E-state index contributed by atoms with van der Waals surface area (Å²) in [7, 11) is 1.79. The van der Waals surface area contributed by atoms with Crippen LogP contribution in [0.2, 0.25) is 0 Å². The minimum Gasteiger partial charge on any atom is -0.395 e. The number of aliphatic hydroxyl groups excluding tert-OH is 1. The molecular formula is C4H12N3OS+. The van der Waals surface area contributed by atoms with Crippen molar-refractivity contribution in [2.24, 2.45) is 0 Å². The maximum Gasteiger partial charge on any atom is 0.215 e. The number of rotatable bonds is 2. The lowest BCUT2D eigenvalue weighted by atomic mass is 10.6. The molecule has 0 fully saturated rings. The Morgan fingerprint density at radius 2 is 2.44 bits per heavy atom. The maximum atomic E-state index is 8.43. The Hall–Kier alpha value is -0.390. The van der Waals surface area contributed by atoms with E-state index in [2.05, 4.69) is 11.3 Å². The highest BCUT2D eigenvalue weighted by Crippen LogP contribution is 1.79. The van der Waals surface area contributed by atoms with Crippen molar-refractivity contribution in [2.45, 2.75) is 0 Å². The molecule has 0 aliphatic carbocycles. The molecule has 9 heavy (non-hydrogen) atoms. The van der Waals surface area contributed by atoms with Crippen molar-refractivity contribution in [3.8, 4) is 0 Å². The summed E-state index contributed by atoms with van der Waals surface area (Å²) >= 11 is 4.78. The summed E-state index contributed by atoms with van der Waals surface area (Å²) in [6, 6.07) is 0. The van der Waals surface area contributed by atoms with Crippen LogP contribution in [-0.4, -0.2) is 35.3 Å². The number of hydrogen-bond acceptors (Lipinski definition) is 2. The molecule has 0 radical (unpaired) electrons. The zero-order valence-corrected chi connectivity index (χ0v) is 6.24. The van der Waals surface area contributed by atoms with Crippen LogP contribution in [0, 0.1) is 0 Å². The molecule has 0 spiro atoms. The molecule has 0 saturated heterocycles. The van der Waals surface area contributed by atoms with E-state index < -0.39 is 0 Å². The van der Waals surface area contributed by atoms with Crippen molar-refractivity contribution >= 4 is 17.3 Å². The van der Waals surface area contributed by atoms with E-state index in [-0.39, 0.29) is 6.61 Å². The first kappa shape index (κ1) is 8.61. The third-order valence-electron chi connectivity index (χ3n) is 0.933. The Morgan fingerprint density at radius 1 is 1.89 bits per heavy atom. The molecule has 0 amide bonds. The van der Waals surface area contributed by atoms with E-state index >= 15 is 0 Å². The van der Waals surface area contributed by atoms with Gasteiger partial charge in [0.05, 0.1) is 6.61 Å². The summed E-state index contributed by atoms with van der Waals surface area (Å²) in [5.74, 6) is 3.37. The van der Waals surface area contributed by atoms with Crippen molar-refractivity contribution in [1.29, 1.82) is 0 Å². The van der Waals surface area contributed by atoms with Gasteiger partial charge in [0.25, 0.3) is 0 Å². The summed E-state index contributed by atoms with van der Waals surface area (Å²) in [4.78, 5) is 1.71. The first-order valence-electron chi connectivity index (χ1n) is 2.61. The van der Waals surface area contributed by atoms with Gasteiger partial charge in [-0.2, -0.15) is 0 Å². The predicted molar refractivity (Wildman–Crippen MR) is 38.3 cm³/mol. The zero-order valence-electron chi connectivity index (χ0n) is 5.42. The predicted octanol–water partition coefficient (Wildman–Crippen LogP) is -2.06. The number of aliphatic hydroxyl groups is 1. The third kappa shape index (κ3) is 3.23. The van der Waals surface area contributed by atoms with E-state index in [0.29, 0.717) is 11.7 Å². The van der Waals surface area contributed by atoms with E-state index in [1.54, 1.807) is 11.9 Å². The Labute approximate surface area is 59.6 Å². The van der Waals surface area contributed by atoms with Gasteiger partial charge in [-0.05, 0) is 12.2 Å². The van der Waals surface area contributed by atoms with Crippen LogP contribution in [0.3, 0.4) is 0 Å². The highest BCUT2D eigenvalue weighted by molar-refractivity contribution is 7.80. The summed E-state index contributed by atoms with van der Waals surface area (Å²) in [5.41, 5.74) is 2.55. The molecule has 0 aliphatic rings. The molecule has 5 N–H and O–H groups in total. The molecule has 0 unspecified atom stereocenters. The average molecular weight is 150 g/mol. The van der Waals surface area contributed by atoms with Gasteiger partial charge in [0.2, 0.25) is 5.11 Å². The zero-order chi connectivity index (χ0) is 7.28. The Bertz CT molecular complexity index is 97.8. The first-order chi connectivity index (χ1) is 4.22. The van der Waals surface area contributed by atoms with E-state index in [0.717, 1.165) is 0 Å². The fraction of sp³-hybridized carbons (Fsp3) is 0.750. The molecule has 0 bridgehead atoms. The van der Waals surface area contributed by atoms with Gasteiger partial charge in [0, 0.05) is 13.6 Å². The van der Waals surface area contributed by atoms with Crippen molar-refractivity contribution in [3.05, 3.63) is 0 Å². The van der Waals surface area contributed by atoms with Gasteiger partial charge >= 0.3 is 0 Å². The van der Waals surface area contributed by atoms with Gasteiger partial charge in [-0.1, -0.05) is 0 Å². The van der Waals surface area contributed by atoms with E-state index in [1.807, 2.05) is 0 Å². The van der Waals surface area contributed by atoms with E-state index in [4.69, 9.17) is 17.3 Å². The fourth-order valence-electron chi connectivity index (χ4n) is 0.387. The van der Waals surface area contributed by atoms with Crippen LogP contribution < -0.4 is 11.3 Å². The molecule has 5 heteroatoms. The van der Waals surface area contributed by atoms with Gasteiger partial charge in [-0.25, -0.2) is 5.43 Å². The maximum absolute atomic E-state index is 8.43. The molecular weight excluding hydrogens is 138 g/mol. The summed E-state index contributed by atoms with van der Waals surface area (Å²) in [6.07, 6.45) is 0. The second-order valence-corrected chi connectivity index (χ2v) is 2.01.